The maximum absolute atomic E-state index is 11.9. The van der Waals surface area contributed by atoms with E-state index < -0.39 is 17.4 Å². The minimum Gasteiger partial charge on any atom is -0.481 e. The van der Waals surface area contributed by atoms with E-state index in [4.69, 9.17) is 5.11 Å². The van der Waals surface area contributed by atoms with Crippen molar-refractivity contribution in [3.05, 3.63) is 0 Å². The van der Waals surface area contributed by atoms with Crippen molar-refractivity contribution in [3.63, 3.8) is 0 Å². The van der Waals surface area contributed by atoms with Crippen LogP contribution < -0.4 is 0 Å². The quantitative estimate of drug-likeness (QED) is 0.280. The van der Waals surface area contributed by atoms with Gasteiger partial charge in [0, 0.05) is 0 Å². The number of carbonyl (C=O) groups is 2. The minimum absolute atomic E-state index is 0.109. The number of hydrogen-bond donors (Lipinski definition) is 2. The lowest BCUT2D eigenvalue weighted by molar-refractivity contribution is -0.152. The van der Waals surface area contributed by atoms with E-state index >= 15 is 0 Å². The summed E-state index contributed by atoms with van der Waals surface area (Å²) in [6, 6.07) is 0. The summed E-state index contributed by atoms with van der Waals surface area (Å²) >= 11 is 0. The largest absolute Gasteiger partial charge is 0.481 e. The normalized spacial score (nSPS) is 16.3. The maximum atomic E-state index is 11.9. The molecule has 6 nitrogen and oxygen atoms in total. The Balaban J connectivity index is 4.54. The molecule has 2 N–H and O–H groups in total. The molecule has 152 valence electrons. The second-order valence-electron chi connectivity index (χ2n) is 7.57. The number of azo groups is 1. The Morgan fingerprint density at radius 1 is 0.923 bits per heavy atom. The van der Waals surface area contributed by atoms with Crippen LogP contribution >= 0.6 is 0 Å². The Hall–Kier alpha value is -1.46. The SMILES string of the molecule is CCCCC(CCN=NCCCC(C)C(=O)O)C(C)(CCCC)C(=O)O. The van der Waals surface area contributed by atoms with Crippen LogP contribution in [0.25, 0.3) is 0 Å². The van der Waals surface area contributed by atoms with Gasteiger partial charge in [-0.1, -0.05) is 46.5 Å². The van der Waals surface area contributed by atoms with Crippen molar-refractivity contribution in [2.75, 3.05) is 13.1 Å². The third-order valence-corrected chi connectivity index (χ3v) is 5.34. The summed E-state index contributed by atoms with van der Waals surface area (Å²) in [5, 5.41) is 27.0. The second-order valence-corrected chi connectivity index (χ2v) is 7.57. The molecule has 6 heteroatoms. The summed E-state index contributed by atoms with van der Waals surface area (Å²) in [5.74, 6) is -1.72. The predicted molar refractivity (Wildman–Crippen MR) is 104 cm³/mol. The first kappa shape index (κ1) is 24.5. The smallest absolute Gasteiger partial charge is 0.309 e. The van der Waals surface area contributed by atoms with E-state index in [0.29, 0.717) is 32.4 Å². The van der Waals surface area contributed by atoms with E-state index in [0.717, 1.165) is 38.5 Å². The number of carboxylic acids is 2. The zero-order valence-electron chi connectivity index (χ0n) is 17.0. The molecule has 0 aromatic rings. The molecule has 0 aliphatic heterocycles. The highest BCUT2D eigenvalue weighted by molar-refractivity contribution is 5.74. The van der Waals surface area contributed by atoms with E-state index in [1.54, 1.807) is 6.92 Å². The molecule has 0 aliphatic carbocycles. The van der Waals surface area contributed by atoms with Crippen molar-refractivity contribution < 1.29 is 19.8 Å². The van der Waals surface area contributed by atoms with Crippen molar-refractivity contribution in [2.24, 2.45) is 27.5 Å². The van der Waals surface area contributed by atoms with Crippen LogP contribution in [0, 0.1) is 17.3 Å². The van der Waals surface area contributed by atoms with Gasteiger partial charge in [-0.3, -0.25) is 9.59 Å². The van der Waals surface area contributed by atoms with Gasteiger partial charge in [-0.2, -0.15) is 10.2 Å². The van der Waals surface area contributed by atoms with Gasteiger partial charge in [-0.15, -0.1) is 0 Å². The Morgan fingerprint density at radius 3 is 2.08 bits per heavy atom. The lowest BCUT2D eigenvalue weighted by atomic mass is 9.70. The monoisotopic (exact) mass is 370 g/mol. The van der Waals surface area contributed by atoms with E-state index in [1.165, 1.54) is 0 Å². The van der Waals surface area contributed by atoms with Gasteiger partial charge < -0.3 is 10.2 Å². The molecule has 3 atom stereocenters. The van der Waals surface area contributed by atoms with Gasteiger partial charge in [0.15, 0.2) is 0 Å². The predicted octanol–water partition coefficient (Wildman–Crippen LogP) is 5.42. The second kappa shape index (κ2) is 13.7. The Bertz CT molecular complexity index is 440. The van der Waals surface area contributed by atoms with E-state index in [2.05, 4.69) is 24.1 Å². The van der Waals surface area contributed by atoms with Crippen LogP contribution in [0.4, 0.5) is 0 Å². The molecule has 0 bridgehead atoms. The van der Waals surface area contributed by atoms with Crippen molar-refractivity contribution in [1.29, 1.82) is 0 Å². The molecule has 0 spiro atoms. The number of hydrogen-bond acceptors (Lipinski definition) is 4. The standard InChI is InChI=1S/C20H38N2O4/c1-5-7-11-17(20(4,19(25)26)13-8-6-2)12-15-22-21-14-9-10-16(3)18(23)24/h16-17H,5-15H2,1-4H3,(H,23,24)(H,25,26). The van der Waals surface area contributed by atoms with Crippen LogP contribution in [-0.4, -0.2) is 35.2 Å². The summed E-state index contributed by atoms with van der Waals surface area (Å²) in [6.07, 6.45) is 7.68. The molecule has 0 heterocycles. The van der Waals surface area contributed by atoms with Crippen LogP contribution in [0.2, 0.25) is 0 Å². The lowest BCUT2D eigenvalue weighted by Gasteiger charge is -2.34. The average Bonchev–Trinajstić information content (AvgIpc) is 2.60. The van der Waals surface area contributed by atoms with E-state index in [-0.39, 0.29) is 11.8 Å². The molecule has 3 unspecified atom stereocenters. The van der Waals surface area contributed by atoms with Crippen LogP contribution in [0.1, 0.15) is 85.5 Å². The van der Waals surface area contributed by atoms with Gasteiger partial charge in [0.05, 0.1) is 24.4 Å². The Kier molecular flexibility index (Phi) is 12.9. The van der Waals surface area contributed by atoms with Crippen molar-refractivity contribution >= 4 is 11.9 Å². The summed E-state index contributed by atoms with van der Waals surface area (Å²) in [5.41, 5.74) is -0.697. The summed E-state index contributed by atoms with van der Waals surface area (Å²) in [7, 11) is 0. The lowest BCUT2D eigenvalue weighted by Crippen LogP contribution is -2.36. The molecule has 0 aromatic heterocycles. The zero-order valence-corrected chi connectivity index (χ0v) is 17.0. The van der Waals surface area contributed by atoms with Crippen molar-refractivity contribution in [3.8, 4) is 0 Å². The number of nitrogens with zero attached hydrogens (tertiary/aromatic N) is 2. The van der Waals surface area contributed by atoms with Crippen LogP contribution in [0.3, 0.4) is 0 Å². The molecule has 0 aromatic carbocycles. The van der Waals surface area contributed by atoms with E-state index in [1.807, 2.05) is 6.92 Å². The fourth-order valence-electron chi connectivity index (χ4n) is 3.21. The molecule has 0 aliphatic rings. The molecule has 0 amide bonds. The van der Waals surface area contributed by atoms with Crippen LogP contribution in [-0.2, 0) is 9.59 Å². The molecule has 26 heavy (non-hydrogen) atoms. The Morgan fingerprint density at radius 2 is 1.54 bits per heavy atom. The van der Waals surface area contributed by atoms with Gasteiger partial charge in [0.1, 0.15) is 0 Å². The van der Waals surface area contributed by atoms with Gasteiger partial charge in [0.25, 0.3) is 0 Å². The summed E-state index contributed by atoms with van der Waals surface area (Å²) in [4.78, 5) is 22.7. The highest BCUT2D eigenvalue weighted by atomic mass is 16.4. The highest BCUT2D eigenvalue weighted by Crippen LogP contribution is 2.39. The number of unbranched alkanes of at least 4 members (excludes halogenated alkanes) is 2. The minimum atomic E-state index is -0.777. The van der Waals surface area contributed by atoms with Gasteiger partial charge in [0.2, 0.25) is 0 Å². The molecule has 0 saturated carbocycles. The molecular formula is C20H38N2O4. The number of aliphatic carboxylic acids is 2. The molecule has 0 rings (SSSR count). The summed E-state index contributed by atoms with van der Waals surface area (Å²) < 4.78 is 0. The van der Waals surface area contributed by atoms with Gasteiger partial charge in [-0.05, 0) is 44.9 Å². The first-order valence-electron chi connectivity index (χ1n) is 10.1. The molecular weight excluding hydrogens is 332 g/mol. The first-order valence-corrected chi connectivity index (χ1v) is 10.1. The molecule has 0 fully saturated rings. The van der Waals surface area contributed by atoms with Crippen LogP contribution in [0.15, 0.2) is 10.2 Å². The van der Waals surface area contributed by atoms with Gasteiger partial charge in [-0.25, -0.2) is 0 Å². The number of carboxylic acid groups (broad SMARTS) is 2. The molecule has 0 radical (unpaired) electrons. The maximum Gasteiger partial charge on any atom is 0.309 e. The summed E-state index contributed by atoms with van der Waals surface area (Å²) in [6.45, 7) is 8.86. The van der Waals surface area contributed by atoms with Crippen molar-refractivity contribution in [2.45, 2.75) is 85.5 Å². The average molecular weight is 371 g/mol. The van der Waals surface area contributed by atoms with E-state index in [9.17, 15) is 14.7 Å². The third kappa shape index (κ3) is 9.30. The fraction of sp³-hybridized carbons (Fsp3) is 0.900. The zero-order chi connectivity index (χ0) is 20.0. The molecule has 0 saturated heterocycles. The van der Waals surface area contributed by atoms with Crippen LogP contribution in [0.5, 0.6) is 0 Å². The first-order chi connectivity index (χ1) is 12.3. The number of rotatable bonds is 16. The highest BCUT2D eigenvalue weighted by Gasteiger charge is 2.39. The topological polar surface area (TPSA) is 99.3 Å². The fourth-order valence-corrected chi connectivity index (χ4v) is 3.21. The van der Waals surface area contributed by atoms with Crippen molar-refractivity contribution in [1.82, 2.24) is 0 Å². The third-order valence-electron chi connectivity index (χ3n) is 5.34. The Labute approximate surface area is 158 Å². The van der Waals surface area contributed by atoms with Gasteiger partial charge >= 0.3 is 11.9 Å².